The summed E-state index contributed by atoms with van der Waals surface area (Å²) in [7, 11) is 0. The van der Waals surface area contributed by atoms with Gasteiger partial charge < -0.3 is 16.0 Å². The average molecular weight is 418 g/mol. The van der Waals surface area contributed by atoms with Crippen molar-refractivity contribution in [2.24, 2.45) is 0 Å². The molecule has 30 heavy (non-hydrogen) atoms. The monoisotopic (exact) mass is 418 g/mol. The molecule has 1 amide bonds. The molecule has 0 bridgehead atoms. The van der Waals surface area contributed by atoms with Gasteiger partial charge >= 0.3 is 0 Å². The summed E-state index contributed by atoms with van der Waals surface area (Å²) in [5.41, 5.74) is 3.04. The van der Waals surface area contributed by atoms with E-state index >= 15 is 0 Å². The van der Waals surface area contributed by atoms with Crippen molar-refractivity contribution in [3.05, 3.63) is 95.3 Å². The molecule has 3 aromatic rings. The Morgan fingerprint density at radius 3 is 2.23 bits per heavy atom. The number of nitrogens with one attached hydrogen (secondary N) is 3. The van der Waals surface area contributed by atoms with E-state index in [1.165, 1.54) is 12.1 Å². The van der Waals surface area contributed by atoms with Crippen LogP contribution in [0.1, 0.15) is 21.5 Å². The summed E-state index contributed by atoms with van der Waals surface area (Å²) in [6.45, 7) is 0.615. The molecule has 0 saturated carbocycles. The van der Waals surface area contributed by atoms with Gasteiger partial charge in [0, 0.05) is 17.9 Å². The molecule has 0 aliphatic heterocycles. The maximum Gasteiger partial charge on any atom is 0.257 e. The van der Waals surface area contributed by atoms with Gasteiger partial charge in [-0.2, -0.15) is 5.26 Å². The molecule has 150 valence electrons. The number of halogens is 1. The van der Waals surface area contributed by atoms with Crippen molar-refractivity contribution < 1.29 is 9.18 Å². The van der Waals surface area contributed by atoms with Crippen LogP contribution in [0.2, 0.25) is 0 Å². The van der Waals surface area contributed by atoms with Gasteiger partial charge in [-0.25, -0.2) is 4.39 Å². The first-order chi connectivity index (χ1) is 14.5. The smallest absolute Gasteiger partial charge is 0.257 e. The molecular weight excluding hydrogens is 399 g/mol. The number of benzene rings is 3. The summed E-state index contributed by atoms with van der Waals surface area (Å²) in [6, 6.07) is 22.1. The highest BCUT2D eigenvalue weighted by molar-refractivity contribution is 7.80. The van der Waals surface area contributed by atoms with Gasteiger partial charge in [-0.15, -0.1) is 0 Å². The Morgan fingerprint density at radius 2 is 1.57 bits per heavy atom. The Morgan fingerprint density at radius 1 is 0.933 bits per heavy atom. The number of amides is 1. The van der Waals surface area contributed by atoms with Crippen molar-refractivity contribution in [3.63, 3.8) is 0 Å². The van der Waals surface area contributed by atoms with Crippen LogP contribution in [0.15, 0.2) is 72.8 Å². The molecule has 3 N–H and O–H groups in total. The Bertz CT molecular complexity index is 1080. The molecule has 0 unspecified atom stereocenters. The Hall–Kier alpha value is -3.76. The van der Waals surface area contributed by atoms with Crippen LogP contribution in [-0.2, 0) is 6.42 Å². The molecule has 0 saturated heterocycles. The lowest BCUT2D eigenvalue weighted by molar-refractivity contribution is 0.102. The summed E-state index contributed by atoms with van der Waals surface area (Å²) in [6.07, 6.45) is 0.719. The number of rotatable bonds is 6. The second-order valence-corrected chi connectivity index (χ2v) is 6.85. The van der Waals surface area contributed by atoms with Crippen LogP contribution >= 0.6 is 12.2 Å². The lowest BCUT2D eigenvalue weighted by Crippen LogP contribution is -2.30. The highest BCUT2D eigenvalue weighted by atomic mass is 32.1. The topological polar surface area (TPSA) is 77.0 Å². The standard InChI is InChI=1S/C23H19FN4OS/c24-18-7-5-16(6-8-18)13-14-26-23(30)28-20-11-9-19(10-12-20)27-22(29)21-4-2-1-3-17(21)15-25/h1-12H,13-14H2,(H,27,29)(H2,26,28,30). The largest absolute Gasteiger partial charge is 0.362 e. The van der Waals surface area contributed by atoms with E-state index in [1.54, 1.807) is 60.7 Å². The number of carbonyl (C=O) groups is 1. The SMILES string of the molecule is N#Cc1ccccc1C(=O)Nc1ccc(NC(=S)NCCc2ccc(F)cc2)cc1. The Kier molecular flexibility index (Phi) is 7.09. The highest BCUT2D eigenvalue weighted by Gasteiger charge is 2.10. The summed E-state index contributed by atoms with van der Waals surface area (Å²) in [5.74, 6) is -0.594. The molecule has 0 aromatic heterocycles. The molecule has 0 aliphatic carbocycles. The van der Waals surface area contributed by atoms with E-state index in [4.69, 9.17) is 17.5 Å². The predicted octanol–water partition coefficient (Wildman–Crippen LogP) is 4.48. The van der Waals surface area contributed by atoms with Crippen molar-refractivity contribution >= 4 is 34.6 Å². The van der Waals surface area contributed by atoms with E-state index in [2.05, 4.69) is 16.0 Å². The van der Waals surface area contributed by atoms with Crippen LogP contribution in [0.3, 0.4) is 0 Å². The van der Waals surface area contributed by atoms with Gasteiger partial charge in [0.25, 0.3) is 5.91 Å². The lowest BCUT2D eigenvalue weighted by Gasteiger charge is -2.12. The number of hydrogen-bond donors (Lipinski definition) is 3. The maximum absolute atomic E-state index is 12.9. The molecule has 3 aromatic carbocycles. The third-order valence-corrected chi connectivity index (χ3v) is 4.55. The normalized spacial score (nSPS) is 10.0. The molecule has 0 atom stereocenters. The van der Waals surface area contributed by atoms with Gasteiger partial charge in [0.05, 0.1) is 17.2 Å². The Balaban J connectivity index is 1.49. The minimum Gasteiger partial charge on any atom is -0.362 e. The number of thiocarbonyl (C=S) groups is 1. The number of nitriles is 1. The zero-order valence-corrected chi connectivity index (χ0v) is 16.8. The molecule has 5 nitrogen and oxygen atoms in total. The number of hydrogen-bond acceptors (Lipinski definition) is 3. The van der Waals surface area contributed by atoms with Crippen LogP contribution in [0.4, 0.5) is 15.8 Å². The molecule has 0 spiro atoms. The summed E-state index contributed by atoms with van der Waals surface area (Å²) >= 11 is 5.28. The fourth-order valence-electron chi connectivity index (χ4n) is 2.76. The summed E-state index contributed by atoms with van der Waals surface area (Å²) in [5, 5.41) is 18.5. The molecular formula is C23H19FN4OS. The molecule has 7 heteroatoms. The van der Waals surface area contributed by atoms with E-state index in [1.807, 2.05) is 6.07 Å². The van der Waals surface area contributed by atoms with Crippen LogP contribution in [0, 0.1) is 17.1 Å². The number of nitrogens with zero attached hydrogens (tertiary/aromatic N) is 1. The number of anilines is 2. The van der Waals surface area contributed by atoms with Gasteiger partial charge in [0.1, 0.15) is 5.82 Å². The predicted molar refractivity (Wildman–Crippen MR) is 120 cm³/mol. The van der Waals surface area contributed by atoms with Crippen molar-refractivity contribution in [2.75, 3.05) is 17.2 Å². The van der Waals surface area contributed by atoms with E-state index in [0.717, 1.165) is 17.7 Å². The zero-order chi connectivity index (χ0) is 21.3. The lowest BCUT2D eigenvalue weighted by atomic mass is 10.1. The van der Waals surface area contributed by atoms with Gasteiger partial charge in [0.2, 0.25) is 0 Å². The van der Waals surface area contributed by atoms with Crippen LogP contribution in [0.5, 0.6) is 0 Å². The van der Waals surface area contributed by atoms with Crippen molar-refractivity contribution in [2.45, 2.75) is 6.42 Å². The quantitative estimate of drug-likeness (QED) is 0.515. The van der Waals surface area contributed by atoms with Gasteiger partial charge in [-0.05, 0) is 72.7 Å². The first-order valence-corrected chi connectivity index (χ1v) is 9.66. The van der Waals surface area contributed by atoms with E-state index < -0.39 is 0 Å². The van der Waals surface area contributed by atoms with Gasteiger partial charge in [0.15, 0.2) is 5.11 Å². The molecule has 3 rings (SSSR count). The zero-order valence-electron chi connectivity index (χ0n) is 16.0. The van der Waals surface area contributed by atoms with Crippen LogP contribution < -0.4 is 16.0 Å². The maximum atomic E-state index is 12.9. The molecule has 0 heterocycles. The third kappa shape index (κ3) is 5.87. The second kappa shape index (κ2) is 10.1. The average Bonchev–Trinajstić information content (AvgIpc) is 2.76. The molecule has 0 aliphatic rings. The minimum absolute atomic E-state index is 0.252. The van der Waals surface area contributed by atoms with E-state index in [9.17, 15) is 9.18 Å². The van der Waals surface area contributed by atoms with Gasteiger partial charge in [-0.1, -0.05) is 24.3 Å². The second-order valence-electron chi connectivity index (χ2n) is 6.45. The third-order valence-electron chi connectivity index (χ3n) is 4.31. The minimum atomic E-state index is -0.342. The molecule has 0 radical (unpaired) electrons. The van der Waals surface area contributed by atoms with E-state index in [0.29, 0.717) is 28.5 Å². The molecule has 0 fully saturated rings. The van der Waals surface area contributed by atoms with Crippen molar-refractivity contribution in [1.29, 1.82) is 5.26 Å². The van der Waals surface area contributed by atoms with E-state index in [-0.39, 0.29) is 11.7 Å². The van der Waals surface area contributed by atoms with Crippen LogP contribution in [0.25, 0.3) is 0 Å². The Labute approximate surface area is 179 Å². The van der Waals surface area contributed by atoms with Crippen molar-refractivity contribution in [3.8, 4) is 6.07 Å². The number of carbonyl (C=O) groups excluding carboxylic acids is 1. The first kappa shape index (κ1) is 21.0. The first-order valence-electron chi connectivity index (χ1n) is 9.25. The summed E-state index contributed by atoms with van der Waals surface area (Å²) in [4.78, 5) is 12.4. The fourth-order valence-corrected chi connectivity index (χ4v) is 2.98. The highest BCUT2D eigenvalue weighted by Crippen LogP contribution is 2.16. The van der Waals surface area contributed by atoms with Crippen molar-refractivity contribution in [1.82, 2.24) is 5.32 Å². The van der Waals surface area contributed by atoms with Crippen LogP contribution in [-0.4, -0.2) is 17.6 Å². The van der Waals surface area contributed by atoms with Gasteiger partial charge in [-0.3, -0.25) is 4.79 Å². The summed E-state index contributed by atoms with van der Waals surface area (Å²) < 4.78 is 12.9. The fraction of sp³-hybridized carbons (Fsp3) is 0.0870.